The molecule has 14 heavy (non-hydrogen) atoms. The molecule has 1 heterocycles. The van der Waals surface area contributed by atoms with Gasteiger partial charge in [-0.1, -0.05) is 0 Å². The maximum Gasteiger partial charge on any atom is 0.238 e. The van der Waals surface area contributed by atoms with Gasteiger partial charge in [-0.3, -0.25) is 4.98 Å². The zero-order valence-electron chi connectivity index (χ0n) is 8.49. The summed E-state index contributed by atoms with van der Waals surface area (Å²) in [6.45, 7) is 2.94. The van der Waals surface area contributed by atoms with E-state index in [9.17, 15) is 4.39 Å². The summed E-state index contributed by atoms with van der Waals surface area (Å²) in [6, 6.07) is -0.673. The fraction of sp³-hybridized carbons (Fsp3) is 0.556. The van der Waals surface area contributed by atoms with Crippen LogP contribution in [0.3, 0.4) is 0 Å². The number of ether oxygens (including phenoxy) is 1. The summed E-state index contributed by atoms with van der Waals surface area (Å²) < 4.78 is 19.0. The van der Waals surface area contributed by atoms with Gasteiger partial charge in [0.05, 0.1) is 7.11 Å². The van der Waals surface area contributed by atoms with E-state index >= 15 is 0 Å². The lowest BCUT2D eigenvalue weighted by Crippen LogP contribution is -2.38. The molecule has 1 aromatic heterocycles. The number of hydrogen-bond donors (Lipinski definition) is 1. The van der Waals surface area contributed by atoms with Gasteiger partial charge >= 0.3 is 0 Å². The third-order valence-corrected chi connectivity index (χ3v) is 2.18. The number of alkyl halides is 1. The van der Waals surface area contributed by atoms with Crippen LogP contribution < -0.4 is 10.5 Å². The summed E-state index contributed by atoms with van der Waals surface area (Å²) in [5.41, 5.74) is 3.93. The van der Waals surface area contributed by atoms with Crippen LogP contribution in [-0.4, -0.2) is 23.1 Å². The van der Waals surface area contributed by atoms with Gasteiger partial charge in [-0.15, -0.1) is 0 Å². The quantitative estimate of drug-likeness (QED) is 0.789. The maximum atomic E-state index is 14.1. The first-order valence-corrected chi connectivity index (χ1v) is 4.30. The van der Waals surface area contributed by atoms with Crippen molar-refractivity contribution in [1.82, 2.24) is 9.97 Å². The van der Waals surface area contributed by atoms with Gasteiger partial charge in [-0.2, -0.15) is 0 Å². The van der Waals surface area contributed by atoms with E-state index in [0.717, 1.165) is 0 Å². The topological polar surface area (TPSA) is 61.0 Å². The second kappa shape index (κ2) is 3.88. The lowest BCUT2D eigenvalue weighted by Gasteiger charge is -2.24. The van der Waals surface area contributed by atoms with Crippen LogP contribution in [0.15, 0.2) is 12.4 Å². The van der Waals surface area contributed by atoms with Crippen molar-refractivity contribution in [2.45, 2.75) is 25.6 Å². The minimum absolute atomic E-state index is 0.137. The first-order chi connectivity index (χ1) is 6.50. The molecule has 0 aliphatic rings. The molecule has 2 unspecified atom stereocenters. The van der Waals surface area contributed by atoms with Gasteiger partial charge in [-0.25, -0.2) is 9.37 Å². The van der Waals surface area contributed by atoms with Crippen molar-refractivity contribution in [3.63, 3.8) is 0 Å². The van der Waals surface area contributed by atoms with Crippen molar-refractivity contribution >= 4 is 0 Å². The highest BCUT2D eigenvalue weighted by atomic mass is 19.1. The molecule has 78 valence electrons. The minimum atomic E-state index is -1.74. The molecule has 0 aromatic carbocycles. The standard InChI is InChI=1S/C9H14FN3O/c1-6(11)9(2,10)7-8(14-3)13-5-4-12-7/h4-6H,11H2,1-3H3. The highest BCUT2D eigenvalue weighted by Gasteiger charge is 2.35. The highest BCUT2D eigenvalue weighted by molar-refractivity contribution is 5.25. The van der Waals surface area contributed by atoms with Crippen LogP contribution in [0.1, 0.15) is 19.5 Å². The molecule has 0 spiro atoms. The molecule has 1 rings (SSSR count). The van der Waals surface area contributed by atoms with E-state index in [4.69, 9.17) is 10.5 Å². The molecule has 0 bridgehead atoms. The Hall–Kier alpha value is -1.23. The van der Waals surface area contributed by atoms with Crippen molar-refractivity contribution in [2.75, 3.05) is 7.11 Å². The number of nitrogens with zero attached hydrogens (tertiary/aromatic N) is 2. The molecule has 0 amide bonds. The van der Waals surface area contributed by atoms with E-state index in [1.165, 1.54) is 26.4 Å². The second-order valence-electron chi connectivity index (χ2n) is 3.28. The van der Waals surface area contributed by atoms with E-state index in [2.05, 4.69) is 9.97 Å². The van der Waals surface area contributed by atoms with Crippen molar-refractivity contribution in [3.8, 4) is 5.88 Å². The van der Waals surface area contributed by atoms with E-state index in [-0.39, 0.29) is 11.6 Å². The Labute approximate surface area is 82.3 Å². The maximum absolute atomic E-state index is 14.1. The molecule has 5 heteroatoms. The van der Waals surface area contributed by atoms with E-state index in [1.807, 2.05) is 0 Å². The number of methoxy groups -OCH3 is 1. The average molecular weight is 199 g/mol. The zero-order valence-corrected chi connectivity index (χ0v) is 8.49. The fourth-order valence-electron chi connectivity index (χ4n) is 1.03. The Morgan fingerprint density at radius 2 is 2.07 bits per heavy atom. The molecule has 2 N–H and O–H groups in total. The van der Waals surface area contributed by atoms with Gasteiger partial charge < -0.3 is 10.5 Å². The molecule has 1 aromatic rings. The van der Waals surface area contributed by atoms with Gasteiger partial charge in [0.2, 0.25) is 5.88 Å². The SMILES string of the molecule is COc1nccnc1C(C)(F)C(C)N. The second-order valence-corrected chi connectivity index (χ2v) is 3.28. The van der Waals surface area contributed by atoms with E-state index in [1.54, 1.807) is 6.92 Å². The van der Waals surface area contributed by atoms with Gasteiger partial charge in [0.25, 0.3) is 0 Å². The van der Waals surface area contributed by atoms with Crippen LogP contribution >= 0.6 is 0 Å². The molecule has 0 aliphatic carbocycles. The number of nitrogens with two attached hydrogens (primary N) is 1. The molecule has 0 aliphatic heterocycles. The van der Waals surface area contributed by atoms with Gasteiger partial charge in [0.15, 0.2) is 5.67 Å². The van der Waals surface area contributed by atoms with Gasteiger partial charge in [-0.05, 0) is 13.8 Å². The highest BCUT2D eigenvalue weighted by Crippen LogP contribution is 2.31. The predicted octanol–water partition coefficient (Wildman–Crippen LogP) is 1.02. The summed E-state index contributed by atoms with van der Waals surface area (Å²) in [7, 11) is 1.42. The van der Waals surface area contributed by atoms with Crippen LogP contribution in [0.4, 0.5) is 4.39 Å². The summed E-state index contributed by atoms with van der Waals surface area (Å²) in [6.07, 6.45) is 2.86. The summed E-state index contributed by atoms with van der Waals surface area (Å²) in [4.78, 5) is 7.77. The van der Waals surface area contributed by atoms with Gasteiger partial charge in [0.1, 0.15) is 5.69 Å². The van der Waals surface area contributed by atoms with Crippen LogP contribution in [0.5, 0.6) is 5.88 Å². The van der Waals surface area contributed by atoms with Crippen LogP contribution in [0.2, 0.25) is 0 Å². The van der Waals surface area contributed by atoms with Crippen LogP contribution in [-0.2, 0) is 5.67 Å². The molecule has 0 fully saturated rings. The molecule has 0 radical (unpaired) electrons. The monoisotopic (exact) mass is 199 g/mol. The molecular weight excluding hydrogens is 185 g/mol. The Kier molecular flexibility index (Phi) is 3.00. The molecule has 0 saturated carbocycles. The third-order valence-electron chi connectivity index (χ3n) is 2.18. The lowest BCUT2D eigenvalue weighted by atomic mass is 9.97. The number of hydrogen-bond acceptors (Lipinski definition) is 4. The third kappa shape index (κ3) is 1.82. The van der Waals surface area contributed by atoms with E-state index in [0.29, 0.717) is 0 Å². The smallest absolute Gasteiger partial charge is 0.238 e. The van der Waals surface area contributed by atoms with Gasteiger partial charge in [0, 0.05) is 18.4 Å². The summed E-state index contributed by atoms with van der Waals surface area (Å²) >= 11 is 0. The normalized spacial score (nSPS) is 17.2. The summed E-state index contributed by atoms with van der Waals surface area (Å²) in [5, 5.41) is 0. The van der Waals surface area contributed by atoms with Crippen LogP contribution in [0.25, 0.3) is 0 Å². The minimum Gasteiger partial charge on any atom is -0.480 e. The van der Waals surface area contributed by atoms with Crippen molar-refractivity contribution < 1.29 is 9.13 Å². The first-order valence-electron chi connectivity index (χ1n) is 4.30. The Balaban J connectivity index is 3.17. The molecule has 2 atom stereocenters. The molecule has 4 nitrogen and oxygen atoms in total. The zero-order chi connectivity index (χ0) is 10.8. The lowest BCUT2D eigenvalue weighted by molar-refractivity contribution is 0.145. The number of halogens is 1. The average Bonchev–Trinajstić information content (AvgIpc) is 2.17. The van der Waals surface area contributed by atoms with Crippen molar-refractivity contribution in [2.24, 2.45) is 5.73 Å². The molecule has 0 saturated heterocycles. The Morgan fingerprint density at radius 3 is 2.57 bits per heavy atom. The van der Waals surface area contributed by atoms with E-state index < -0.39 is 11.7 Å². The first kappa shape index (κ1) is 10.8. The predicted molar refractivity (Wildman–Crippen MR) is 50.7 cm³/mol. The summed E-state index contributed by atoms with van der Waals surface area (Å²) in [5.74, 6) is 0.176. The fourth-order valence-corrected chi connectivity index (χ4v) is 1.03. The Morgan fingerprint density at radius 1 is 1.50 bits per heavy atom. The Bertz CT molecular complexity index is 315. The van der Waals surface area contributed by atoms with Crippen molar-refractivity contribution in [1.29, 1.82) is 0 Å². The van der Waals surface area contributed by atoms with Crippen molar-refractivity contribution in [3.05, 3.63) is 18.1 Å². The molecular formula is C9H14FN3O. The number of rotatable bonds is 3. The van der Waals surface area contributed by atoms with Crippen LogP contribution in [0, 0.1) is 0 Å². The number of aromatic nitrogens is 2. The largest absolute Gasteiger partial charge is 0.480 e.